The predicted octanol–water partition coefficient (Wildman–Crippen LogP) is 2.37. The van der Waals surface area contributed by atoms with Gasteiger partial charge in [-0.2, -0.15) is 0 Å². The number of ketones is 1. The smallest absolute Gasteiger partial charge is 0.358 e. The zero-order valence-corrected chi connectivity index (χ0v) is 12.2. The van der Waals surface area contributed by atoms with Crippen LogP contribution in [-0.2, 0) is 4.74 Å². The number of thiazole rings is 1. The molecule has 0 atom stereocenters. The van der Waals surface area contributed by atoms with E-state index in [1.807, 2.05) is 11.9 Å². The molecular weight excluding hydrogens is 264 g/mol. The fourth-order valence-corrected chi connectivity index (χ4v) is 2.73. The van der Waals surface area contributed by atoms with Gasteiger partial charge in [0, 0.05) is 20.5 Å². The third-order valence-electron chi connectivity index (χ3n) is 2.96. The van der Waals surface area contributed by atoms with E-state index in [1.54, 1.807) is 6.92 Å². The summed E-state index contributed by atoms with van der Waals surface area (Å²) in [4.78, 5) is 30.1. The Morgan fingerprint density at radius 2 is 2.16 bits per heavy atom. The summed E-state index contributed by atoms with van der Waals surface area (Å²) < 4.78 is 4.94. The summed E-state index contributed by atoms with van der Waals surface area (Å²) in [5, 5.41) is 0.708. The van der Waals surface area contributed by atoms with Crippen LogP contribution in [0.15, 0.2) is 0 Å². The van der Waals surface area contributed by atoms with Crippen molar-refractivity contribution in [3.05, 3.63) is 10.6 Å². The first-order chi connectivity index (χ1) is 9.02. The topological polar surface area (TPSA) is 59.5 Å². The molecule has 0 radical (unpaired) electrons. The van der Waals surface area contributed by atoms with Crippen molar-refractivity contribution in [1.29, 1.82) is 0 Å². The molecule has 1 aliphatic rings. The third kappa shape index (κ3) is 3.32. The number of carbonyl (C=O) groups is 2. The molecule has 0 N–H and O–H groups in total. The molecular formula is C13H18N2O3S. The van der Waals surface area contributed by atoms with Gasteiger partial charge in [0.05, 0.1) is 6.61 Å². The molecule has 0 amide bonds. The summed E-state index contributed by atoms with van der Waals surface area (Å²) >= 11 is 1.26. The van der Waals surface area contributed by atoms with Crippen molar-refractivity contribution in [2.24, 2.45) is 5.92 Å². The average molecular weight is 282 g/mol. The SMILES string of the molecule is CCOC(=O)c1nc(N(C)CC2CC2)sc1C(C)=O. The number of rotatable bonds is 6. The van der Waals surface area contributed by atoms with Gasteiger partial charge in [-0.15, -0.1) is 0 Å². The second-order valence-corrected chi connectivity index (χ2v) is 5.75. The van der Waals surface area contributed by atoms with Gasteiger partial charge in [-0.3, -0.25) is 4.79 Å². The Bertz CT molecular complexity index is 494. The van der Waals surface area contributed by atoms with Gasteiger partial charge in [-0.1, -0.05) is 11.3 Å². The Kier molecular flexibility index (Phi) is 4.19. The van der Waals surface area contributed by atoms with Crippen LogP contribution in [0.4, 0.5) is 5.13 Å². The fourth-order valence-electron chi connectivity index (χ4n) is 1.81. The van der Waals surface area contributed by atoms with Crippen molar-refractivity contribution in [2.75, 3.05) is 25.1 Å². The number of hydrogen-bond acceptors (Lipinski definition) is 6. The highest BCUT2D eigenvalue weighted by molar-refractivity contribution is 7.17. The van der Waals surface area contributed by atoms with Gasteiger partial charge < -0.3 is 9.64 Å². The van der Waals surface area contributed by atoms with Crippen molar-refractivity contribution in [2.45, 2.75) is 26.7 Å². The zero-order valence-electron chi connectivity index (χ0n) is 11.4. The minimum absolute atomic E-state index is 0.147. The van der Waals surface area contributed by atoms with Gasteiger partial charge in [0.25, 0.3) is 0 Å². The molecule has 1 aromatic heterocycles. The van der Waals surface area contributed by atoms with Crippen LogP contribution in [0.2, 0.25) is 0 Å². The first-order valence-electron chi connectivity index (χ1n) is 6.43. The predicted molar refractivity (Wildman–Crippen MR) is 74.1 cm³/mol. The summed E-state index contributed by atoms with van der Waals surface area (Å²) in [7, 11) is 1.94. The number of aromatic nitrogens is 1. The number of carbonyl (C=O) groups excluding carboxylic acids is 2. The fraction of sp³-hybridized carbons (Fsp3) is 0.615. The van der Waals surface area contributed by atoms with Crippen LogP contribution in [0.1, 0.15) is 46.8 Å². The molecule has 1 aliphatic carbocycles. The van der Waals surface area contributed by atoms with Crippen molar-refractivity contribution in [3.8, 4) is 0 Å². The number of Topliss-reactive ketones (excluding diaryl/α,β-unsaturated/α-hetero) is 1. The molecule has 5 nitrogen and oxygen atoms in total. The van der Waals surface area contributed by atoms with E-state index in [4.69, 9.17) is 4.74 Å². The molecule has 0 spiro atoms. The maximum atomic E-state index is 11.8. The van der Waals surface area contributed by atoms with Crippen molar-refractivity contribution < 1.29 is 14.3 Å². The summed E-state index contributed by atoms with van der Waals surface area (Å²) in [5.41, 5.74) is 0.150. The number of hydrogen-bond donors (Lipinski definition) is 0. The lowest BCUT2D eigenvalue weighted by molar-refractivity contribution is 0.0517. The first kappa shape index (κ1) is 14.0. The number of esters is 1. The molecule has 0 saturated heterocycles. The number of nitrogens with zero attached hydrogens (tertiary/aromatic N) is 2. The van der Waals surface area contributed by atoms with E-state index in [1.165, 1.54) is 31.1 Å². The molecule has 1 heterocycles. The van der Waals surface area contributed by atoms with E-state index in [0.29, 0.717) is 10.0 Å². The van der Waals surface area contributed by atoms with E-state index in [2.05, 4.69) is 4.98 Å². The molecule has 104 valence electrons. The standard InChI is InChI=1S/C13H18N2O3S/c1-4-18-12(17)10-11(8(2)16)19-13(14-10)15(3)7-9-5-6-9/h9H,4-7H2,1-3H3. The van der Waals surface area contributed by atoms with E-state index in [-0.39, 0.29) is 18.1 Å². The Morgan fingerprint density at radius 1 is 1.47 bits per heavy atom. The Balaban J connectivity index is 2.22. The van der Waals surface area contributed by atoms with E-state index in [9.17, 15) is 9.59 Å². The summed E-state index contributed by atoms with van der Waals surface area (Å²) in [5.74, 6) is 0.0577. The van der Waals surface area contributed by atoms with Crippen LogP contribution in [0.3, 0.4) is 0 Å². The van der Waals surface area contributed by atoms with Gasteiger partial charge >= 0.3 is 5.97 Å². The maximum Gasteiger partial charge on any atom is 0.358 e. The monoisotopic (exact) mass is 282 g/mol. The third-order valence-corrected chi connectivity index (χ3v) is 4.23. The van der Waals surface area contributed by atoms with Crippen LogP contribution in [0.25, 0.3) is 0 Å². The Hall–Kier alpha value is -1.43. The average Bonchev–Trinajstić information content (AvgIpc) is 3.04. The second kappa shape index (κ2) is 5.69. The van der Waals surface area contributed by atoms with Gasteiger partial charge in [0.15, 0.2) is 16.6 Å². The van der Waals surface area contributed by atoms with Crippen LogP contribution in [-0.4, -0.2) is 36.9 Å². The number of ether oxygens (including phenoxy) is 1. The largest absolute Gasteiger partial charge is 0.461 e. The van der Waals surface area contributed by atoms with Crippen LogP contribution in [0, 0.1) is 5.92 Å². The van der Waals surface area contributed by atoms with Crippen LogP contribution >= 0.6 is 11.3 Å². The highest BCUT2D eigenvalue weighted by Crippen LogP contribution is 2.33. The molecule has 0 bridgehead atoms. The number of anilines is 1. The van der Waals surface area contributed by atoms with Crippen LogP contribution < -0.4 is 4.90 Å². The molecule has 6 heteroatoms. The zero-order chi connectivity index (χ0) is 14.0. The quantitative estimate of drug-likeness (QED) is 0.592. The van der Waals surface area contributed by atoms with Gasteiger partial charge in [-0.05, 0) is 25.7 Å². The van der Waals surface area contributed by atoms with E-state index < -0.39 is 5.97 Å². The highest BCUT2D eigenvalue weighted by atomic mass is 32.1. The van der Waals surface area contributed by atoms with Crippen molar-refractivity contribution in [3.63, 3.8) is 0 Å². The second-order valence-electron chi connectivity index (χ2n) is 4.77. The first-order valence-corrected chi connectivity index (χ1v) is 7.24. The van der Waals surface area contributed by atoms with Gasteiger partial charge in [0.2, 0.25) is 0 Å². The van der Waals surface area contributed by atoms with Crippen molar-refractivity contribution in [1.82, 2.24) is 4.98 Å². The molecule has 0 aliphatic heterocycles. The lowest BCUT2D eigenvalue weighted by Gasteiger charge is -2.14. The van der Waals surface area contributed by atoms with E-state index in [0.717, 1.165) is 12.5 Å². The van der Waals surface area contributed by atoms with E-state index >= 15 is 0 Å². The Morgan fingerprint density at radius 3 is 2.68 bits per heavy atom. The summed E-state index contributed by atoms with van der Waals surface area (Å²) in [6.45, 7) is 4.38. The molecule has 1 aromatic rings. The molecule has 1 saturated carbocycles. The van der Waals surface area contributed by atoms with Gasteiger partial charge in [-0.25, -0.2) is 9.78 Å². The molecule has 1 fully saturated rings. The van der Waals surface area contributed by atoms with Gasteiger partial charge in [0.1, 0.15) is 4.88 Å². The maximum absolute atomic E-state index is 11.8. The normalized spacial score (nSPS) is 14.3. The Labute approximate surface area is 116 Å². The summed E-state index contributed by atoms with van der Waals surface area (Å²) in [6.07, 6.45) is 2.50. The molecule has 0 unspecified atom stereocenters. The molecule has 2 rings (SSSR count). The minimum atomic E-state index is -0.518. The molecule has 19 heavy (non-hydrogen) atoms. The highest BCUT2D eigenvalue weighted by Gasteiger charge is 2.27. The lowest BCUT2D eigenvalue weighted by atomic mass is 10.3. The summed E-state index contributed by atoms with van der Waals surface area (Å²) in [6, 6.07) is 0. The van der Waals surface area contributed by atoms with Crippen LogP contribution in [0.5, 0.6) is 0 Å². The van der Waals surface area contributed by atoms with Crippen molar-refractivity contribution >= 4 is 28.2 Å². The molecule has 0 aromatic carbocycles. The lowest BCUT2D eigenvalue weighted by Crippen LogP contribution is -2.20. The minimum Gasteiger partial charge on any atom is -0.461 e.